The molecule has 1 aliphatic rings. The van der Waals surface area contributed by atoms with Crippen LogP contribution >= 0.6 is 0 Å². The summed E-state index contributed by atoms with van der Waals surface area (Å²) in [6.07, 6.45) is 1.32. The number of amides is 1. The smallest absolute Gasteiger partial charge is 0.254 e. The van der Waals surface area contributed by atoms with Crippen molar-refractivity contribution >= 4 is 11.7 Å². The van der Waals surface area contributed by atoms with Crippen LogP contribution in [0.25, 0.3) is 5.69 Å². The molecule has 2 aromatic heterocycles. The quantitative estimate of drug-likeness (QED) is 0.302. The Balaban J connectivity index is 1.54. The molecule has 4 rings (SSSR count). The fourth-order valence-electron chi connectivity index (χ4n) is 4.31. The van der Waals surface area contributed by atoms with E-state index in [0.29, 0.717) is 18.8 Å². The maximum absolute atomic E-state index is 15.8. The zero-order chi connectivity index (χ0) is 25.9. The van der Waals surface area contributed by atoms with Crippen molar-refractivity contribution in [1.82, 2.24) is 29.7 Å². The van der Waals surface area contributed by atoms with Crippen LogP contribution in [0.15, 0.2) is 36.8 Å². The molecule has 5 N–H and O–H groups in total. The highest BCUT2D eigenvalue weighted by molar-refractivity contribution is 5.97. The zero-order valence-corrected chi connectivity index (χ0v) is 19.5. The number of phenolic OH excluding ortho intramolecular Hbond substituents is 1. The molecule has 0 aliphatic carbocycles. The molecule has 0 saturated carbocycles. The van der Waals surface area contributed by atoms with Gasteiger partial charge in [0.1, 0.15) is 28.7 Å². The third kappa shape index (κ3) is 4.85. The summed E-state index contributed by atoms with van der Waals surface area (Å²) in [6, 6.07) is 7.09. The van der Waals surface area contributed by atoms with Crippen LogP contribution in [0.1, 0.15) is 28.8 Å². The number of carbonyl (C=O) groups excluding carboxylic acids is 1. The molecule has 1 amide bonds. The van der Waals surface area contributed by atoms with E-state index < -0.39 is 24.0 Å². The Hall–Kier alpha value is -4.06. The van der Waals surface area contributed by atoms with Crippen molar-refractivity contribution in [2.45, 2.75) is 37.5 Å². The van der Waals surface area contributed by atoms with Crippen molar-refractivity contribution in [3.05, 3.63) is 47.9 Å². The molecule has 0 bridgehead atoms. The van der Waals surface area contributed by atoms with E-state index in [1.54, 1.807) is 18.2 Å². The third-order valence-corrected chi connectivity index (χ3v) is 6.25. The highest BCUT2D eigenvalue weighted by atomic mass is 19.1. The summed E-state index contributed by atoms with van der Waals surface area (Å²) in [4.78, 5) is 15.1. The zero-order valence-electron chi connectivity index (χ0n) is 19.5. The first-order valence-corrected chi connectivity index (χ1v) is 11.1. The van der Waals surface area contributed by atoms with E-state index in [1.807, 2.05) is 11.0 Å². The summed E-state index contributed by atoms with van der Waals surface area (Å²) in [5.74, 6) is -0.920. The number of likely N-dealkylation sites (tertiary alicyclic amines) is 1. The number of benzene rings is 1. The van der Waals surface area contributed by atoms with Gasteiger partial charge in [0, 0.05) is 32.9 Å². The summed E-state index contributed by atoms with van der Waals surface area (Å²) >= 11 is 0. The number of aromatic nitrogens is 5. The molecule has 0 radical (unpaired) electrons. The molecule has 13 nitrogen and oxygen atoms in total. The van der Waals surface area contributed by atoms with E-state index in [2.05, 4.69) is 20.6 Å². The van der Waals surface area contributed by atoms with Crippen LogP contribution in [0.4, 0.5) is 10.2 Å². The maximum Gasteiger partial charge on any atom is 0.254 e. The van der Waals surface area contributed by atoms with Gasteiger partial charge in [-0.3, -0.25) is 14.4 Å². The van der Waals surface area contributed by atoms with Crippen LogP contribution in [0.2, 0.25) is 0 Å². The molecule has 3 atom stereocenters. The molecule has 190 valence electrons. The molecule has 1 aromatic carbocycles. The third-order valence-electron chi connectivity index (χ3n) is 6.25. The summed E-state index contributed by atoms with van der Waals surface area (Å²) in [5.41, 5.74) is 5.21. The maximum atomic E-state index is 15.8. The number of aliphatic hydroxyl groups is 1. The van der Waals surface area contributed by atoms with E-state index in [9.17, 15) is 20.3 Å². The van der Waals surface area contributed by atoms with Gasteiger partial charge in [-0.05, 0) is 24.1 Å². The van der Waals surface area contributed by atoms with Gasteiger partial charge in [0.2, 0.25) is 6.41 Å². The topological polar surface area (TPSA) is 180 Å². The van der Waals surface area contributed by atoms with E-state index in [1.165, 1.54) is 35.2 Å². The number of rotatable bonds is 9. The average molecular weight is 500 g/mol. The molecule has 3 heterocycles. The van der Waals surface area contributed by atoms with E-state index in [-0.39, 0.29) is 36.5 Å². The predicted octanol–water partition coefficient (Wildman–Crippen LogP) is 0.455. The second-order valence-corrected chi connectivity index (χ2v) is 8.47. The van der Waals surface area contributed by atoms with Gasteiger partial charge < -0.3 is 26.0 Å². The predicted molar refractivity (Wildman–Crippen MR) is 123 cm³/mol. The molecule has 1 saturated heterocycles. The number of phenols is 1. The Kier molecular flexibility index (Phi) is 7.15. The molecule has 1 aliphatic heterocycles. The van der Waals surface area contributed by atoms with Gasteiger partial charge in [0.15, 0.2) is 5.82 Å². The number of nitrogens with zero attached hydrogens (tertiary/aromatic N) is 7. The highest BCUT2D eigenvalue weighted by Gasteiger charge is 2.46. The monoisotopic (exact) mass is 499 g/mol. The van der Waals surface area contributed by atoms with E-state index >= 15 is 4.39 Å². The number of nitrogens with two attached hydrogens (primary N) is 1. The lowest BCUT2D eigenvalue weighted by molar-refractivity contribution is -0.0514. The largest absolute Gasteiger partial charge is 0.506 e. The highest BCUT2D eigenvalue weighted by Crippen LogP contribution is 2.37. The van der Waals surface area contributed by atoms with Crippen molar-refractivity contribution in [1.29, 1.82) is 5.26 Å². The van der Waals surface area contributed by atoms with Crippen LogP contribution in [0.5, 0.6) is 5.75 Å². The number of hydrogen-bond acceptors (Lipinski definition) is 10. The van der Waals surface area contributed by atoms with Gasteiger partial charge in [-0.1, -0.05) is 6.07 Å². The van der Waals surface area contributed by atoms with Gasteiger partial charge in [0.25, 0.3) is 5.91 Å². The van der Waals surface area contributed by atoms with Gasteiger partial charge >= 0.3 is 0 Å². The van der Waals surface area contributed by atoms with E-state index in [4.69, 9.17) is 10.5 Å². The fraction of sp³-hybridized carbons (Fsp3) is 0.409. The number of anilines is 1. The van der Waals surface area contributed by atoms with Gasteiger partial charge in [-0.2, -0.15) is 20.6 Å². The number of piperidine rings is 1. The summed E-state index contributed by atoms with van der Waals surface area (Å²) in [5, 5.41) is 44.3. The molecule has 1 fully saturated rings. The van der Waals surface area contributed by atoms with Crippen molar-refractivity contribution in [2.75, 3.05) is 25.5 Å². The Bertz CT molecular complexity index is 1260. The number of aromatic hydroxyl groups is 1. The lowest BCUT2D eigenvalue weighted by Crippen LogP contribution is -2.54. The van der Waals surface area contributed by atoms with Gasteiger partial charge in [-0.15, -0.1) is 4.80 Å². The average Bonchev–Trinajstić information content (AvgIpc) is 3.52. The van der Waals surface area contributed by atoms with Crippen LogP contribution in [0.3, 0.4) is 0 Å². The number of nitriles is 1. The second-order valence-electron chi connectivity index (χ2n) is 8.47. The van der Waals surface area contributed by atoms with Crippen molar-refractivity contribution < 1.29 is 24.1 Å². The SMILES string of the molecule is COC(O)Nc1nn(C2(CC#N)CCN(Cc3ccc(-n4nccn4)c(O)c3)CC2F)cc1C(N)=O. The van der Waals surface area contributed by atoms with Crippen molar-refractivity contribution in [3.8, 4) is 17.5 Å². The van der Waals surface area contributed by atoms with Crippen LogP contribution in [0, 0.1) is 11.3 Å². The van der Waals surface area contributed by atoms with Crippen molar-refractivity contribution in [2.24, 2.45) is 5.73 Å². The Morgan fingerprint density at radius 3 is 2.81 bits per heavy atom. The minimum atomic E-state index is -1.52. The summed E-state index contributed by atoms with van der Waals surface area (Å²) < 4.78 is 21.8. The number of primary amides is 1. The number of aliphatic hydroxyl groups excluding tert-OH is 1. The standard InChI is InChI=1S/C22H26FN9O4/c1-36-21(35)28-20-15(19(25)34)12-31(29-20)22(4-6-24)5-9-30(13-18(22)23)11-14-2-3-16(17(33)10-14)32-26-7-8-27-32/h2-3,7-8,10,12,18,21,33,35H,4-5,9,11,13H2,1H3,(H2,25,34)(H,28,29). The second kappa shape index (κ2) is 10.3. The van der Waals surface area contributed by atoms with Crippen LogP contribution < -0.4 is 11.1 Å². The molecule has 0 spiro atoms. The molecular weight excluding hydrogens is 473 g/mol. The lowest BCUT2D eigenvalue weighted by atomic mass is 9.83. The van der Waals surface area contributed by atoms with Gasteiger partial charge in [0.05, 0.1) is 24.9 Å². The summed E-state index contributed by atoms with van der Waals surface area (Å²) in [7, 11) is 1.24. The Labute approximate surface area is 205 Å². The minimum Gasteiger partial charge on any atom is -0.506 e. The number of halogens is 1. The van der Waals surface area contributed by atoms with Gasteiger partial charge in [-0.25, -0.2) is 4.39 Å². The first-order chi connectivity index (χ1) is 17.3. The number of nitrogens with one attached hydrogen (secondary N) is 1. The van der Waals surface area contributed by atoms with Crippen LogP contribution in [-0.2, 0) is 16.8 Å². The van der Waals surface area contributed by atoms with Crippen molar-refractivity contribution in [3.63, 3.8) is 0 Å². The first kappa shape index (κ1) is 25.0. The van der Waals surface area contributed by atoms with Crippen LogP contribution in [-0.4, -0.2) is 78.6 Å². The molecule has 36 heavy (non-hydrogen) atoms. The molecule has 14 heteroatoms. The normalized spacial score (nSPS) is 21.1. The molecule has 3 unspecified atom stereocenters. The lowest BCUT2D eigenvalue weighted by Gasteiger charge is -2.43. The Morgan fingerprint density at radius 1 is 1.44 bits per heavy atom. The van der Waals surface area contributed by atoms with E-state index in [0.717, 1.165) is 5.56 Å². The summed E-state index contributed by atoms with van der Waals surface area (Å²) in [6.45, 7) is 0.766. The number of alkyl halides is 1. The molecular formula is C22H26FN9O4. The number of carbonyl (C=O) groups is 1. The number of ether oxygens (including phenoxy) is 1. The molecule has 3 aromatic rings. The fourth-order valence-corrected chi connectivity index (χ4v) is 4.31. The Morgan fingerprint density at radius 2 is 2.19 bits per heavy atom. The number of hydrogen-bond donors (Lipinski definition) is 4. The minimum absolute atomic E-state index is 0.00914. The first-order valence-electron chi connectivity index (χ1n) is 11.1. The number of methoxy groups -OCH3 is 1.